The molecule has 2 rings (SSSR count). The van der Waals surface area contributed by atoms with E-state index in [4.69, 9.17) is 15.2 Å². The Labute approximate surface area is 113 Å². The number of methoxy groups -OCH3 is 2. The quantitative estimate of drug-likeness (QED) is 0.802. The van der Waals surface area contributed by atoms with Crippen molar-refractivity contribution in [3.05, 3.63) is 6.07 Å². The van der Waals surface area contributed by atoms with Gasteiger partial charge >= 0.3 is 0 Å². The number of rotatable bonds is 7. The Hall–Kier alpha value is -1.56. The molecule has 1 aromatic heterocycles. The predicted octanol–water partition coefficient (Wildman–Crippen LogP) is 1.32. The SMILES string of the molecule is COCCN(c1cc(OC)nc(N)n1)C(C)C1CC1. The molecule has 106 valence electrons. The number of hydrogen-bond acceptors (Lipinski definition) is 6. The van der Waals surface area contributed by atoms with Crippen LogP contribution in [0.5, 0.6) is 5.88 Å². The van der Waals surface area contributed by atoms with Crippen molar-refractivity contribution in [2.24, 2.45) is 5.92 Å². The summed E-state index contributed by atoms with van der Waals surface area (Å²) < 4.78 is 10.3. The van der Waals surface area contributed by atoms with Crippen LogP contribution in [0.1, 0.15) is 19.8 Å². The van der Waals surface area contributed by atoms with Gasteiger partial charge in [0, 0.05) is 25.8 Å². The van der Waals surface area contributed by atoms with Crippen LogP contribution in [0.4, 0.5) is 11.8 Å². The fourth-order valence-electron chi connectivity index (χ4n) is 2.23. The number of nitrogen functional groups attached to an aromatic ring is 1. The van der Waals surface area contributed by atoms with Crippen LogP contribution in [0.25, 0.3) is 0 Å². The van der Waals surface area contributed by atoms with Gasteiger partial charge in [-0.25, -0.2) is 0 Å². The first kappa shape index (κ1) is 13.9. The topological polar surface area (TPSA) is 73.5 Å². The smallest absolute Gasteiger partial charge is 0.225 e. The Morgan fingerprint density at radius 3 is 2.74 bits per heavy atom. The highest BCUT2D eigenvalue weighted by atomic mass is 16.5. The van der Waals surface area contributed by atoms with Crippen LogP contribution < -0.4 is 15.4 Å². The van der Waals surface area contributed by atoms with E-state index in [0.717, 1.165) is 18.3 Å². The van der Waals surface area contributed by atoms with Crippen molar-refractivity contribution in [2.75, 3.05) is 38.0 Å². The van der Waals surface area contributed by atoms with Crippen molar-refractivity contribution in [3.63, 3.8) is 0 Å². The van der Waals surface area contributed by atoms with E-state index in [1.807, 2.05) is 6.07 Å². The minimum atomic E-state index is 0.236. The molecule has 0 aromatic carbocycles. The van der Waals surface area contributed by atoms with Crippen molar-refractivity contribution in [3.8, 4) is 5.88 Å². The van der Waals surface area contributed by atoms with E-state index in [-0.39, 0.29) is 5.95 Å². The maximum Gasteiger partial charge on any atom is 0.225 e. The molecule has 1 fully saturated rings. The molecule has 1 heterocycles. The van der Waals surface area contributed by atoms with Gasteiger partial charge in [-0.2, -0.15) is 9.97 Å². The molecule has 1 saturated carbocycles. The molecular weight excluding hydrogens is 244 g/mol. The summed E-state index contributed by atoms with van der Waals surface area (Å²) in [5.74, 6) is 2.27. The second-order valence-electron chi connectivity index (χ2n) is 4.89. The van der Waals surface area contributed by atoms with Gasteiger partial charge < -0.3 is 20.1 Å². The van der Waals surface area contributed by atoms with Gasteiger partial charge in [-0.3, -0.25) is 0 Å². The van der Waals surface area contributed by atoms with Crippen LogP contribution in [-0.2, 0) is 4.74 Å². The van der Waals surface area contributed by atoms with Gasteiger partial charge in [-0.05, 0) is 25.7 Å². The molecule has 0 bridgehead atoms. The molecule has 6 heteroatoms. The Bertz CT molecular complexity index is 423. The van der Waals surface area contributed by atoms with Gasteiger partial charge in [0.05, 0.1) is 13.7 Å². The summed E-state index contributed by atoms with van der Waals surface area (Å²) in [4.78, 5) is 10.6. The van der Waals surface area contributed by atoms with Crippen molar-refractivity contribution >= 4 is 11.8 Å². The molecule has 1 aliphatic carbocycles. The summed E-state index contributed by atoms with van der Waals surface area (Å²) in [5, 5.41) is 0. The summed E-state index contributed by atoms with van der Waals surface area (Å²) in [6.45, 7) is 3.66. The minimum Gasteiger partial charge on any atom is -0.481 e. The lowest BCUT2D eigenvalue weighted by Gasteiger charge is -2.30. The molecule has 0 radical (unpaired) electrons. The Morgan fingerprint density at radius 1 is 1.42 bits per heavy atom. The molecular formula is C13H22N4O2. The third kappa shape index (κ3) is 3.47. The zero-order valence-corrected chi connectivity index (χ0v) is 11.8. The Kier molecular flexibility index (Phi) is 4.42. The Morgan fingerprint density at radius 2 is 2.16 bits per heavy atom. The number of anilines is 2. The van der Waals surface area contributed by atoms with Gasteiger partial charge in [0.15, 0.2) is 0 Å². The highest BCUT2D eigenvalue weighted by molar-refractivity contribution is 5.46. The van der Waals surface area contributed by atoms with Gasteiger partial charge in [0.25, 0.3) is 0 Å². The molecule has 0 amide bonds. The van der Waals surface area contributed by atoms with Gasteiger partial charge in [0.2, 0.25) is 11.8 Å². The van der Waals surface area contributed by atoms with E-state index in [9.17, 15) is 0 Å². The van der Waals surface area contributed by atoms with Crippen LogP contribution in [-0.4, -0.2) is 43.4 Å². The molecule has 1 aromatic rings. The number of nitrogens with zero attached hydrogens (tertiary/aromatic N) is 3. The molecule has 0 aliphatic heterocycles. The van der Waals surface area contributed by atoms with E-state index < -0.39 is 0 Å². The third-order valence-electron chi connectivity index (χ3n) is 3.54. The lowest BCUT2D eigenvalue weighted by Crippen LogP contribution is -2.38. The molecule has 1 aliphatic rings. The average molecular weight is 266 g/mol. The second kappa shape index (κ2) is 6.06. The van der Waals surface area contributed by atoms with Gasteiger partial charge in [0.1, 0.15) is 5.82 Å². The van der Waals surface area contributed by atoms with E-state index >= 15 is 0 Å². The third-order valence-corrected chi connectivity index (χ3v) is 3.54. The summed E-state index contributed by atoms with van der Waals surface area (Å²) in [5.41, 5.74) is 5.73. The maximum absolute atomic E-state index is 5.73. The molecule has 0 spiro atoms. The number of ether oxygens (including phenoxy) is 2. The number of aromatic nitrogens is 2. The van der Waals surface area contributed by atoms with Crippen LogP contribution in [0.2, 0.25) is 0 Å². The molecule has 1 atom stereocenters. The highest BCUT2D eigenvalue weighted by Gasteiger charge is 2.32. The van der Waals surface area contributed by atoms with Gasteiger partial charge in [-0.1, -0.05) is 0 Å². The average Bonchev–Trinajstić information content (AvgIpc) is 3.22. The molecule has 1 unspecified atom stereocenters. The summed E-state index contributed by atoms with van der Waals surface area (Å²) >= 11 is 0. The lowest BCUT2D eigenvalue weighted by molar-refractivity contribution is 0.202. The number of hydrogen-bond donors (Lipinski definition) is 1. The van der Waals surface area contributed by atoms with Crippen LogP contribution in [0.3, 0.4) is 0 Å². The molecule has 6 nitrogen and oxygen atoms in total. The second-order valence-corrected chi connectivity index (χ2v) is 4.89. The van der Waals surface area contributed by atoms with Crippen LogP contribution in [0, 0.1) is 5.92 Å². The fraction of sp³-hybridized carbons (Fsp3) is 0.692. The van der Waals surface area contributed by atoms with E-state index in [2.05, 4.69) is 21.8 Å². The minimum absolute atomic E-state index is 0.236. The maximum atomic E-state index is 5.73. The van der Waals surface area contributed by atoms with Crippen molar-refractivity contribution in [1.82, 2.24) is 9.97 Å². The van der Waals surface area contributed by atoms with E-state index in [1.54, 1.807) is 14.2 Å². The molecule has 19 heavy (non-hydrogen) atoms. The highest BCUT2D eigenvalue weighted by Crippen LogP contribution is 2.36. The number of nitrogens with two attached hydrogens (primary N) is 1. The summed E-state index contributed by atoms with van der Waals surface area (Å²) in [6, 6.07) is 2.25. The lowest BCUT2D eigenvalue weighted by atomic mass is 10.2. The van der Waals surface area contributed by atoms with Crippen molar-refractivity contribution in [2.45, 2.75) is 25.8 Å². The van der Waals surface area contributed by atoms with E-state index in [0.29, 0.717) is 18.5 Å². The predicted molar refractivity (Wildman–Crippen MR) is 74.4 cm³/mol. The Balaban J connectivity index is 2.22. The summed E-state index contributed by atoms with van der Waals surface area (Å²) in [6.07, 6.45) is 2.56. The van der Waals surface area contributed by atoms with Crippen molar-refractivity contribution in [1.29, 1.82) is 0 Å². The first-order valence-corrected chi connectivity index (χ1v) is 6.59. The zero-order chi connectivity index (χ0) is 13.8. The van der Waals surface area contributed by atoms with Gasteiger partial charge in [-0.15, -0.1) is 0 Å². The first-order chi connectivity index (χ1) is 9.15. The van der Waals surface area contributed by atoms with Crippen molar-refractivity contribution < 1.29 is 9.47 Å². The van der Waals surface area contributed by atoms with Crippen LogP contribution in [0.15, 0.2) is 6.07 Å². The van der Waals surface area contributed by atoms with E-state index in [1.165, 1.54) is 12.8 Å². The first-order valence-electron chi connectivity index (χ1n) is 6.59. The zero-order valence-electron chi connectivity index (χ0n) is 11.8. The molecule has 0 saturated heterocycles. The summed E-state index contributed by atoms with van der Waals surface area (Å²) in [7, 11) is 3.28. The largest absolute Gasteiger partial charge is 0.481 e. The fourth-order valence-corrected chi connectivity index (χ4v) is 2.23. The van der Waals surface area contributed by atoms with Crippen LogP contribution >= 0.6 is 0 Å². The molecule has 2 N–H and O–H groups in total. The standard InChI is InChI=1S/C13H22N4O2/c1-9(10-4-5-10)17(6-7-18-2)11-8-12(19-3)16-13(14)15-11/h8-10H,4-7H2,1-3H3,(H2,14,15,16). The normalized spacial score (nSPS) is 16.2. The monoisotopic (exact) mass is 266 g/mol.